The molecular weight excluding hydrogens is 160 g/mol. The molecule has 0 aromatic carbocycles. The van der Waals surface area contributed by atoms with Crippen LogP contribution in [0.2, 0.25) is 0 Å². The van der Waals surface area contributed by atoms with Crippen molar-refractivity contribution in [2.45, 2.75) is 32.1 Å². The van der Waals surface area contributed by atoms with Crippen LogP contribution in [0.5, 0.6) is 0 Å². The Labute approximate surface area is 80.5 Å². The molecule has 0 amide bonds. The van der Waals surface area contributed by atoms with Crippen molar-refractivity contribution in [3.05, 3.63) is 36.6 Å². The summed E-state index contributed by atoms with van der Waals surface area (Å²) in [5.41, 5.74) is 1.13. The summed E-state index contributed by atoms with van der Waals surface area (Å²) >= 11 is 0. The van der Waals surface area contributed by atoms with Crippen LogP contribution in [0.25, 0.3) is 0 Å². The minimum Gasteiger partial charge on any atom is -0.509 e. The normalized spacial score (nSPS) is 19.1. The maximum absolute atomic E-state index is 8.88. The topological polar surface area (TPSA) is 20.2 Å². The summed E-state index contributed by atoms with van der Waals surface area (Å²) in [5, 5.41) is 8.88. The van der Waals surface area contributed by atoms with Crippen molar-refractivity contribution >= 4 is 0 Å². The van der Waals surface area contributed by atoms with E-state index in [0.717, 1.165) is 5.57 Å². The maximum Gasteiger partial charge on any atom is 0.108 e. The third-order valence-corrected chi connectivity index (χ3v) is 2.62. The zero-order chi connectivity index (χ0) is 9.68. The van der Waals surface area contributed by atoms with Gasteiger partial charge in [-0.1, -0.05) is 44.1 Å². The fourth-order valence-corrected chi connectivity index (χ4v) is 1.81. The molecule has 1 aliphatic rings. The Balaban J connectivity index is 2.41. The molecular formula is C12H18O. The van der Waals surface area contributed by atoms with Gasteiger partial charge < -0.3 is 5.11 Å². The quantitative estimate of drug-likeness (QED) is 0.515. The highest BCUT2D eigenvalue weighted by molar-refractivity contribution is 5.23. The molecule has 0 heterocycles. The van der Waals surface area contributed by atoms with Crippen molar-refractivity contribution in [3.8, 4) is 0 Å². The first-order valence-electron chi connectivity index (χ1n) is 4.95. The van der Waals surface area contributed by atoms with Crippen molar-refractivity contribution < 1.29 is 5.11 Å². The van der Waals surface area contributed by atoms with Crippen LogP contribution in [-0.2, 0) is 0 Å². The summed E-state index contributed by atoms with van der Waals surface area (Å²) in [7, 11) is 0. The second-order valence-corrected chi connectivity index (χ2v) is 3.73. The van der Waals surface area contributed by atoms with Crippen LogP contribution in [0, 0.1) is 5.92 Å². The van der Waals surface area contributed by atoms with Gasteiger partial charge in [0.1, 0.15) is 5.76 Å². The fourth-order valence-electron chi connectivity index (χ4n) is 1.81. The molecule has 1 aliphatic carbocycles. The predicted octanol–water partition coefficient (Wildman–Crippen LogP) is 3.75. The molecule has 0 spiro atoms. The zero-order valence-electron chi connectivity index (χ0n) is 8.13. The summed E-state index contributed by atoms with van der Waals surface area (Å²) < 4.78 is 0. The van der Waals surface area contributed by atoms with E-state index in [1.165, 1.54) is 32.1 Å². The van der Waals surface area contributed by atoms with Crippen LogP contribution in [0.15, 0.2) is 36.6 Å². The van der Waals surface area contributed by atoms with Gasteiger partial charge in [-0.25, -0.2) is 0 Å². The fraction of sp³-hybridized carbons (Fsp3) is 0.500. The van der Waals surface area contributed by atoms with Gasteiger partial charge in [0.15, 0.2) is 0 Å². The van der Waals surface area contributed by atoms with E-state index in [-0.39, 0.29) is 5.76 Å². The van der Waals surface area contributed by atoms with Crippen LogP contribution < -0.4 is 0 Å². The summed E-state index contributed by atoms with van der Waals surface area (Å²) in [6, 6.07) is 0. The Kier molecular flexibility index (Phi) is 3.81. The summed E-state index contributed by atoms with van der Waals surface area (Å²) in [6.45, 7) is 7.41. The minimum atomic E-state index is 0.108. The molecule has 1 heteroatoms. The highest BCUT2D eigenvalue weighted by Crippen LogP contribution is 2.29. The molecule has 1 fully saturated rings. The van der Waals surface area contributed by atoms with Crippen molar-refractivity contribution in [1.29, 1.82) is 0 Å². The molecule has 0 aromatic rings. The molecule has 0 radical (unpaired) electrons. The number of aliphatic hydroxyl groups excluding tert-OH is 1. The average molecular weight is 178 g/mol. The lowest BCUT2D eigenvalue weighted by Gasteiger charge is -2.21. The smallest absolute Gasteiger partial charge is 0.108 e. The van der Waals surface area contributed by atoms with Crippen LogP contribution >= 0.6 is 0 Å². The van der Waals surface area contributed by atoms with Crippen molar-refractivity contribution in [3.63, 3.8) is 0 Å². The van der Waals surface area contributed by atoms with Gasteiger partial charge >= 0.3 is 0 Å². The van der Waals surface area contributed by atoms with E-state index in [1.54, 1.807) is 6.08 Å². The lowest BCUT2D eigenvalue weighted by atomic mass is 9.84. The SMILES string of the molecule is C=C(O)/C=C\C(=C)C1CCCCC1. The van der Waals surface area contributed by atoms with Crippen LogP contribution in [0.4, 0.5) is 0 Å². The largest absolute Gasteiger partial charge is 0.509 e. The second kappa shape index (κ2) is 4.90. The highest BCUT2D eigenvalue weighted by atomic mass is 16.3. The highest BCUT2D eigenvalue weighted by Gasteiger charge is 2.14. The number of rotatable bonds is 3. The Bertz CT molecular complexity index is 219. The van der Waals surface area contributed by atoms with Crippen LogP contribution in [-0.4, -0.2) is 5.11 Å². The Hall–Kier alpha value is -0.980. The van der Waals surface area contributed by atoms with Crippen molar-refractivity contribution in [2.24, 2.45) is 5.92 Å². The van der Waals surface area contributed by atoms with Gasteiger partial charge in [0.05, 0.1) is 0 Å². The molecule has 1 saturated carbocycles. The Morgan fingerprint density at radius 3 is 2.23 bits per heavy atom. The van der Waals surface area contributed by atoms with E-state index < -0.39 is 0 Å². The standard InChI is InChI=1S/C12H18O/c1-10(8-9-11(2)13)12-6-4-3-5-7-12/h8-9,12-13H,1-7H2/b9-8-. The van der Waals surface area contributed by atoms with E-state index in [0.29, 0.717) is 5.92 Å². The predicted molar refractivity (Wildman–Crippen MR) is 56.6 cm³/mol. The lowest BCUT2D eigenvalue weighted by Crippen LogP contribution is -2.06. The van der Waals surface area contributed by atoms with Crippen LogP contribution in [0.1, 0.15) is 32.1 Å². The van der Waals surface area contributed by atoms with E-state index >= 15 is 0 Å². The third-order valence-electron chi connectivity index (χ3n) is 2.62. The van der Waals surface area contributed by atoms with E-state index in [1.807, 2.05) is 6.08 Å². The van der Waals surface area contributed by atoms with Crippen molar-refractivity contribution in [2.75, 3.05) is 0 Å². The lowest BCUT2D eigenvalue weighted by molar-refractivity contribution is 0.408. The first-order valence-corrected chi connectivity index (χ1v) is 4.95. The van der Waals surface area contributed by atoms with Gasteiger partial charge in [0.25, 0.3) is 0 Å². The zero-order valence-corrected chi connectivity index (χ0v) is 8.13. The number of allylic oxidation sites excluding steroid dienone is 3. The molecule has 0 bridgehead atoms. The number of hydrogen-bond donors (Lipinski definition) is 1. The monoisotopic (exact) mass is 178 g/mol. The molecule has 1 N–H and O–H groups in total. The molecule has 0 aliphatic heterocycles. The molecule has 72 valence electrons. The van der Waals surface area contributed by atoms with E-state index in [9.17, 15) is 0 Å². The molecule has 0 saturated heterocycles. The molecule has 0 atom stereocenters. The molecule has 1 rings (SSSR count). The molecule has 0 aromatic heterocycles. The van der Waals surface area contributed by atoms with Crippen LogP contribution in [0.3, 0.4) is 0 Å². The third kappa shape index (κ3) is 3.49. The minimum absolute atomic E-state index is 0.108. The summed E-state index contributed by atoms with van der Waals surface area (Å²) in [4.78, 5) is 0. The molecule has 0 unspecified atom stereocenters. The maximum atomic E-state index is 8.88. The number of hydrogen-bond acceptors (Lipinski definition) is 1. The van der Waals surface area contributed by atoms with Gasteiger partial charge in [0.2, 0.25) is 0 Å². The van der Waals surface area contributed by atoms with E-state index in [4.69, 9.17) is 5.11 Å². The van der Waals surface area contributed by atoms with Gasteiger partial charge in [0, 0.05) is 0 Å². The first-order chi connectivity index (χ1) is 6.20. The molecule has 13 heavy (non-hydrogen) atoms. The van der Waals surface area contributed by atoms with Gasteiger partial charge in [-0.15, -0.1) is 0 Å². The second-order valence-electron chi connectivity index (χ2n) is 3.73. The number of aliphatic hydroxyl groups is 1. The Morgan fingerprint density at radius 1 is 1.08 bits per heavy atom. The van der Waals surface area contributed by atoms with Crippen molar-refractivity contribution in [1.82, 2.24) is 0 Å². The van der Waals surface area contributed by atoms with Gasteiger partial charge in [-0.05, 0) is 24.8 Å². The first kappa shape index (κ1) is 10.1. The molecule has 1 nitrogen and oxygen atoms in total. The van der Waals surface area contributed by atoms with E-state index in [2.05, 4.69) is 13.2 Å². The average Bonchev–Trinajstić information content (AvgIpc) is 2.15. The summed E-state index contributed by atoms with van der Waals surface area (Å²) in [5.74, 6) is 0.737. The Morgan fingerprint density at radius 2 is 1.69 bits per heavy atom. The summed E-state index contributed by atoms with van der Waals surface area (Å²) in [6.07, 6.45) is 10.0. The van der Waals surface area contributed by atoms with Gasteiger partial charge in [-0.2, -0.15) is 0 Å². The van der Waals surface area contributed by atoms with Gasteiger partial charge in [-0.3, -0.25) is 0 Å².